The van der Waals surface area contributed by atoms with Gasteiger partial charge < -0.3 is 14.6 Å². The zero-order chi connectivity index (χ0) is 24.5. The largest absolute Gasteiger partial charge is 0.507 e. The van der Waals surface area contributed by atoms with E-state index in [4.69, 9.17) is 9.47 Å². The van der Waals surface area contributed by atoms with Gasteiger partial charge in [0, 0.05) is 17.2 Å². The van der Waals surface area contributed by atoms with Gasteiger partial charge in [-0.3, -0.25) is 4.79 Å². The number of nitrogens with zero attached hydrogens (tertiary/aromatic N) is 3. The van der Waals surface area contributed by atoms with Gasteiger partial charge in [-0.15, -0.1) is 0 Å². The molecule has 0 unspecified atom stereocenters. The molecule has 1 N–H and O–H groups in total. The summed E-state index contributed by atoms with van der Waals surface area (Å²) >= 11 is 0. The van der Waals surface area contributed by atoms with E-state index in [-0.39, 0.29) is 30.9 Å². The summed E-state index contributed by atoms with van der Waals surface area (Å²) in [6.45, 7) is 11.4. The molecule has 0 aliphatic heterocycles. The van der Waals surface area contributed by atoms with Crippen LogP contribution in [0.15, 0.2) is 79.9 Å². The highest BCUT2D eigenvalue weighted by Gasteiger charge is 2.15. The van der Waals surface area contributed by atoms with Crippen molar-refractivity contribution in [3.8, 4) is 34.3 Å². The van der Waals surface area contributed by atoms with Gasteiger partial charge in [0.25, 0.3) is 0 Å². The van der Waals surface area contributed by atoms with Crippen LogP contribution >= 0.6 is 0 Å². The molecule has 1 heterocycles. The average Bonchev–Trinajstić information content (AvgIpc) is 2.85. The number of allylic oxidation sites excluding steroid dienone is 4. The summed E-state index contributed by atoms with van der Waals surface area (Å²) in [4.78, 5) is 25.2. The predicted octanol–water partition coefficient (Wildman–Crippen LogP) is 5.24. The average molecular weight is 458 g/mol. The van der Waals surface area contributed by atoms with Crippen molar-refractivity contribution in [1.29, 1.82) is 0 Å². The third kappa shape index (κ3) is 6.16. The Bertz CT molecular complexity index is 1200. The number of ether oxygens (including phenoxy) is 2. The minimum Gasteiger partial charge on any atom is -0.507 e. The van der Waals surface area contributed by atoms with Crippen LogP contribution in [0.1, 0.15) is 19.7 Å². The lowest BCUT2D eigenvalue weighted by Crippen LogP contribution is -2.16. The maximum absolute atomic E-state index is 11.5. The lowest BCUT2D eigenvalue weighted by atomic mass is 10.1. The second-order valence-corrected chi connectivity index (χ2v) is 7.58. The highest BCUT2D eigenvalue weighted by molar-refractivity contribution is 5.74. The van der Waals surface area contributed by atoms with Gasteiger partial charge in [0.2, 0.25) is 0 Å². The van der Waals surface area contributed by atoms with Crippen molar-refractivity contribution in [2.45, 2.75) is 13.8 Å². The molecule has 1 aromatic heterocycles. The molecule has 0 spiro atoms. The third-order valence-electron chi connectivity index (χ3n) is 4.72. The molecule has 0 bridgehead atoms. The smallest absolute Gasteiger partial charge is 0.308 e. The van der Waals surface area contributed by atoms with E-state index in [0.717, 1.165) is 5.56 Å². The summed E-state index contributed by atoms with van der Waals surface area (Å²) in [6, 6.07) is 14.3. The van der Waals surface area contributed by atoms with Crippen LogP contribution in [0.4, 0.5) is 0 Å². The van der Waals surface area contributed by atoms with Crippen LogP contribution in [-0.4, -0.2) is 39.2 Å². The van der Waals surface area contributed by atoms with Crippen LogP contribution in [0.25, 0.3) is 28.3 Å². The molecule has 7 nitrogen and oxygen atoms in total. The van der Waals surface area contributed by atoms with Crippen molar-refractivity contribution in [2.24, 2.45) is 5.92 Å². The second-order valence-electron chi connectivity index (χ2n) is 7.58. The first kappa shape index (κ1) is 24.4. The Morgan fingerprint density at radius 2 is 1.76 bits per heavy atom. The molecule has 0 saturated carbocycles. The van der Waals surface area contributed by atoms with E-state index in [9.17, 15) is 9.90 Å². The van der Waals surface area contributed by atoms with Gasteiger partial charge in [-0.1, -0.05) is 75.6 Å². The molecule has 0 aliphatic carbocycles. The second kappa shape index (κ2) is 11.6. The minimum absolute atomic E-state index is 0.0549. The number of phenolic OH excluding ortho intramolecular Hbond substituents is 1. The fourth-order valence-corrected chi connectivity index (χ4v) is 2.96. The maximum Gasteiger partial charge on any atom is 0.308 e. The summed E-state index contributed by atoms with van der Waals surface area (Å²) in [5.41, 5.74) is 1.90. The molecule has 0 amide bonds. The number of hydrogen-bond donors (Lipinski definition) is 1. The summed E-state index contributed by atoms with van der Waals surface area (Å²) in [5, 5.41) is 10.7. The van der Waals surface area contributed by atoms with Crippen LogP contribution in [-0.2, 0) is 9.53 Å². The Morgan fingerprint density at radius 1 is 1.03 bits per heavy atom. The van der Waals surface area contributed by atoms with Gasteiger partial charge in [-0.2, -0.15) is 0 Å². The van der Waals surface area contributed by atoms with Crippen LogP contribution in [0.2, 0.25) is 0 Å². The molecule has 0 saturated heterocycles. The highest BCUT2D eigenvalue weighted by atomic mass is 16.6. The van der Waals surface area contributed by atoms with Gasteiger partial charge >= 0.3 is 5.97 Å². The molecule has 0 atom stereocenters. The molecule has 7 heteroatoms. The standard InChI is InChI=1S/C27H27N3O4/c1-5-10-19(6-2)24-28-25(20-11-8-7-9-12-20)30-26(29-24)22-14-13-21(17-23(22)31)33-15-16-34-27(32)18(3)4/h5-14,17-18,31H,1-2,15-16H2,3-4H3/b19-10+. The molecule has 0 fully saturated rings. The lowest BCUT2D eigenvalue weighted by molar-refractivity contribution is -0.148. The minimum atomic E-state index is -0.286. The van der Waals surface area contributed by atoms with E-state index >= 15 is 0 Å². The number of aromatic hydroxyl groups is 1. The summed E-state index contributed by atoms with van der Waals surface area (Å²) < 4.78 is 10.7. The van der Waals surface area contributed by atoms with Crippen molar-refractivity contribution in [1.82, 2.24) is 15.0 Å². The first-order valence-electron chi connectivity index (χ1n) is 10.8. The highest BCUT2D eigenvalue weighted by Crippen LogP contribution is 2.32. The number of carbonyl (C=O) groups excluding carboxylic acids is 1. The zero-order valence-electron chi connectivity index (χ0n) is 19.3. The van der Waals surface area contributed by atoms with Crippen LogP contribution in [0.5, 0.6) is 11.5 Å². The molecule has 174 valence electrons. The Labute approximate surface area is 199 Å². The molecular weight excluding hydrogens is 430 g/mol. The van der Waals surface area contributed by atoms with E-state index < -0.39 is 0 Å². The number of esters is 1. The molecule has 3 rings (SSSR count). The summed E-state index contributed by atoms with van der Waals surface area (Å²) in [6.07, 6.45) is 5.02. The Hall–Kier alpha value is -4.26. The Morgan fingerprint density at radius 3 is 2.41 bits per heavy atom. The first-order valence-corrected chi connectivity index (χ1v) is 10.8. The normalized spacial score (nSPS) is 11.2. The SMILES string of the molecule is C=C/C=C(\C=C)c1nc(-c2ccccc2)nc(-c2ccc(OCCOC(=O)C(C)C)cc2O)n1. The number of aromatic nitrogens is 3. The number of phenols is 1. The van der Waals surface area contributed by atoms with Crippen molar-refractivity contribution in [2.75, 3.05) is 13.2 Å². The maximum atomic E-state index is 11.5. The van der Waals surface area contributed by atoms with E-state index in [1.807, 2.05) is 30.3 Å². The van der Waals surface area contributed by atoms with Crippen LogP contribution in [0.3, 0.4) is 0 Å². The van der Waals surface area contributed by atoms with Gasteiger partial charge in [0.05, 0.1) is 11.5 Å². The lowest BCUT2D eigenvalue weighted by Gasteiger charge is -2.12. The summed E-state index contributed by atoms with van der Waals surface area (Å²) in [5.74, 6) is 1.06. The summed E-state index contributed by atoms with van der Waals surface area (Å²) in [7, 11) is 0. The van der Waals surface area contributed by atoms with E-state index in [2.05, 4.69) is 28.1 Å². The molecular formula is C27H27N3O4. The molecule has 34 heavy (non-hydrogen) atoms. The number of hydrogen-bond acceptors (Lipinski definition) is 7. The number of carbonyl (C=O) groups is 1. The molecule has 3 aromatic rings. The van der Waals surface area contributed by atoms with Crippen molar-refractivity contribution >= 4 is 11.5 Å². The predicted molar refractivity (Wildman–Crippen MR) is 132 cm³/mol. The fraction of sp³-hybridized carbons (Fsp3) is 0.185. The van der Waals surface area contributed by atoms with Crippen molar-refractivity contribution < 1.29 is 19.4 Å². The Kier molecular flexibility index (Phi) is 8.29. The number of benzene rings is 2. The monoisotopic (exact) mass is 457 g/mol. The van der Waals surface area contributed by atoms with Crippen molar-refractivity contribution in [3.05, 3.63) is 85.7 Å². The quantitative estimate of drug-likeness (QED) is 0.253. The van der Waals surface area contributed by atoms with E-state index in [0.29, 0.717) is 34.4 Å². The fourth-order valence-electron chi connectivity index (χ4n) is 2.96. The van der Waals surface area contributed by atoms with Gasteiger partial charge in [0.1, 0.15) is 24.7 Å². The van der Waals surface area contributed by atoms with E-state index in [1.165, 1.54) is 6.07 Å². The third-order valence-corrected chi connectivity index (χ3v) is 4.72. The van der Waals surface area contributed by atoms with Gasteiger partial charge in [-0.05, 0) is 12.1 Å². The topological polar surface area (TPSA) is 94.4 Å². The van der Waals surface area contributed by atoms with Gasteiger partial charge in [0.15, 0.2) is 17.5 Å². The Balaban J connectivity index is 1.90. The molecule has 0 radical (unpaired) electrons. The van der Waals surface area contributed by atoms with Crippen LogP contribution < -0.4 is 4.74 Å². The molecule has 0 aliphatic rings. The van der Waals surface area contributed by atoms with Crippen molar-refractivity contribution in [3.63, 3.8) is 0 Å². The van der Waals surface area contributed by atoms with E-state index in [1.54, 1.807) is 44.2 Å². The van der Waals surface area contributed by atoms with Gasteiger partial charge in [-0.25, -0.2) is 15.0 Å². The number of rotatable bonds is 10. The van der Waals surface area contributed by atoms with Crippen LogP contribution in [0, 0.1) is 5.92 Å². The molecule has 2 aromatic carbocycles. The first-order chi connectivity index (χ1) is 16.4. The zero-order valence-corrected chi connectivity index (χ0v) is 19.3.